The average Bonchev–Trinajstić information content (AvgIpc) is 2.87. The van der Waals surface area contributed by atoms with Crippen LogP contribution in [0.1, 0.15) is 29.3 Å². The Morgan fingerprint density at radius 1 is 1.52 bits per heavy atom. The van der Waals surface area contributed by atoms with Gasteiger partial charge < -0.3 is 10.6 Å². The number of aryl methyl sites for hydroxylation is 1. The summed E-state index contributed by atoms with van der Waals surface area (Å²) in [6.45, 7) is 4.83. The minimum absolute atomic E-state index is 0. The number of amides is 1. The van der Waals surface area contributed by atoms with Crippen LogP contribution in [0.25, 0.3) is 0 Å². The molecule has 2 atom stereocenters. The van der Waals surface area contributed by atoms with Crippen molar-refractivity contribution in [1.82, 2.24) is 4.90 Å². The minimum atomic E-state index is -0.501. The van der Waals surface area contributed by atoms with Gasteiger partial charge in [-0.1, -0.05) is 12.1 Å². The molecular formula is C14H20ClN3O3. The minimum Gasteiger partial charge on any atom is -0.338 e. The van der Waals surface area contributed by atoms with Gasteiger partial charge in [0.2, 0.25) is 0 Å². The highest BCUT2D eigenvalue weighted by Crippen LogP contribution is 2.27. The second kappa shape index (κ2) is 6.87. The van der Waals surface area contributed by atoms with Crippen molar-refractivity contribution < 1.29 is 9.72 Å². The molecule has 1 fully saturated rings. The van der Waals surface area contributed by atoms with Crippen LogP contribution >= 0.6 is 12.4 Å². The van der Waals surface area contributed by atoms with Gasteiger partial charge in [-0.15, -0.1) is 12.4 Å². The molecule has 1 aliphatic rings. The molecule has 0 aromatic heterocycles. The number of hydrogen-bond donors (Lipinski definition) is 1. The number of rotatable bonds is 3. The number of nitrogens with two attached hydrogens (primary N) is 1. The number of carbonyl (C=O) groups excluding carboxylic acids is 1. The Hall–Kier alpha value is -1.66. The molecule has 0 spiro atoms. The Morgan fingerprint density at radius 2 is 2.19 bits per heavy atom. The van der Waals surface area contributed by atoms with E-state index in [2.05, 4.69) is 0 Å². The van der Waals surface area contributed by atoms with Gasteiger partial charge in [0.05, 0.1) is 4.92 Å². The molecule has 2 unspecified atom stereocenters. The second-order valence-electron chi connectivity index (χ2n) is 5.39. The first-order valence-corrected chi connectivity index (χ1v) is 6.70. The topological polar surface area (TPSA) is 89.5 Å². The molecule has 2 rings (SSSR count). The maximum atomic E-state index is 12.5. The molecule has 116 valence electrons. The highest BCUT2D eigenvalue weighted by molar-refractivity contribution is 5.99. The zero-order chi connectivity index (χ0) is 14.9. The molecule has 7 heteroatoms. The summed E-state index contributed by atoms with van der Waals surface area (Å²) in [4.78, 5) is 24.8. The van der Waals surface area contributed by atoms with Crippen LogP contribution in [0.5, 0.6) is 0 Å². The van der Waals surface area contributed by atoms with E-state index in [0.717, 1.165) is 6.42 Å². The van der Waals surface area contributed by atoms with Crippen molar-refractivity contribution in [3.05, 3.63) is 39.4 Å². The van der Waals surface area contributed by atoms with E-state index in [4.69, 9.17) is 5.73 Å². The third-order valence-corrected chi connectivity index (χ3v) is 3.92. The number of nitro benzene ring substituents is 1. The lowest BCUT2D eigenvalue weighted by molar-refractivity contribution is -0.385. The molecule has 0 bridgehead atoms. The van der Waals surface area contributed by atoms with Crippen molar-refractivity contribution in [3.63, 3.8) is 0 Å². The molecule has 0 aliphatic carbocycles. The molecule has 1 heterocycles. The molecule has 0 radical (unpaired) electrons. The Balaban J connectivity index is 0.00000220. The predicted octanol–water partition coefficient (Wildman–Crippen LogP) is 2.13. The van der Waals surface area contributed by atoms with Crippen LogP contribution in [0.3, 0.4) is 0 Å². The summed E-state index contributed by atoms with van der Waals surface area (Å²) >= 11 is 0. The Bertz CT molecular complexity index is 548. The standard InChI is InChI=1S/C14H19N3O3.ClH/c1-9-4-3-5-12(17(19)20)13(9)14(18)16-7-6-11(8-16)10(2)15;/h3-5,10-11H,6-8,15H2,1-2H3;1H. The Kier molecular flexibility index (Phi) is 5.69. The number of hydrogen-bond acceptors (Lipinski definition) is 4. The number of benzene rings is 1. The van der Waals surface area contributed by atoms with Crippen LogP contribution in [0.15, 0.2) is 18.2 Å². The summed E-state index contributed by atoms with van der Waals surface area (Å²) in [5.41, 5.74) is 6.56. The van der Waals surface area contributed by atoms with Gasteiger partial charge >= 0.3 is 0 Å². The lowest BCUT2D eigenvalue weighted by Crippen LogP contribution is -2.33. The van der Waals surface area contributed by atoms with Crippen LogP contribution in [-0.4, -0.2) is 34.9 Å². The van der Waals surface area contributed by atoms with Gasteiger partial charge in [-0.25, -0.2) is 0 Å². The van der Waals surface area contributed by atoms with Gasteiger partial charge in [-0.2, -0.15) is 0 Å². The Morgan fingerprint density at radius 3 is 2.71 bits per heavy atom. The SMILES string of the molecule is Cc1cccc([N+](=O)[O-])c1C(=O)N1CCC(C(C)N)C1.Cl. The quantitative estimate of drug-likeness (QED) is 0.683. The van der Waals surface area contributed by atoms with Crippen LogP contribution in [0.4, 0.5) is 5.69 Å². The number of nitrogens with zero attached hydrogens (tertiary/aromatic N) is 2. The van der Waals surface area contributed by atoms with Crippen LogP contribution < -0.4 is 5.73 Å². The predicted molar refractivity (Wildman–Crippen MR) is 82.7 cm³/mol. The number of nitro groups is 1. The molecule has 1 aromatic carbocycles. The highest BCUT2D eigenvalue weighted by Gasteiger charge is 2.32. The maximum absolute atomic E-state index is 12.5. The molecule has 1 aromatic rings. The van der Waals surface area contributed by atoms with E-state index in [-0.39, 0.29) is 41.5 Å². The molecule has 6 nitrogen and oxygen atoms in total. The van der Waals surface area contributed by atoms with Crippen molar-refractivity contribution in [1.29, 1.82) is 0 Å². The summed E-state index contributed by atoms with van der Waals surface area (Å²) < 4.78 is 0. The second-order valence-corrected chi connectivity index (χ2v) is 5.39. The largest absolute Gasteiger partial charge is 0.338 e. The molecule has 1 saturated heterocycles. The first kappa shape index (κ1) is 17.4. The first-order valence-electron chi connectivity index (χ1n) is 6.70. The van der Waals surface area contributed by atoms with Crippen LogP contribution in [0, 0.1) is 23.0 Å². The van der Waals surface area contributed by atoms with Gasteiger partial charge in [0.25, 0.3) is 11.6 Å². The fourth-order valence-electron chi connectivity index (χ4n) is 2.64. The smallest absolute Gasteiger partial charge is 0.282 e. The summed E-state index contributed by atoms with van der Waals surface area (Å²) in [6, 6.07) is 4.72. The van der Waals surface area contributed by atoms with Crippen LogP contribution in [0.2, 0.25) is 0 Å². The van der Waals surface area contributed by atoms with Crippen molar-refractivity contribution in [2.45, 2.75) is 26.3 Å². The number of carbonyl (C=O) groups is 1. The van der Waals surface area contributed by atoms with E-state index in [0.29, 0.717) is 18.7 Å². The lowest BCUT2D eigenvalue weighted by Gasteiger charge is -2.19. The molecule has 2 N–H and O–H groups in total. The maximum Gasteiger partial charge on any atom is 0.282 e. The van der Waals surface area contributed by atoms with Gasteiger partial charge in [-0.05, 0) is 31.7 Å². The van der Waals surface area contributed by atoms with E-state index in [1.807, 2.05) is 6.92 Å². The van der Waals surface area contributed by atoms with E-state index in [1.54, 1.807) is 24.0 Å². The van der Waals surface area contributed by atoms with Crippen molar-refractivity contribution in [3.8, 4) is 0 Å². The van der Waals surface area contributed by atoms with Gasteiger partial charge in [0.1, 0.15) is 5.56 Å². The zero-order valence-corrected chi connectivity index (χ0v) is 12.9. The van der Waals surface area contributed by atoms with Gasteiger partial charge in [0.15, 0.2) is 0 Å². The van der Waals surface area contributed by atoms with Gasteiger partial charge in [-0.3, -0.25) is 14.9 Å². The summed E-state index contributed by atoms with van der Waals surface area (Å²) in [5.74, 6) is -0.0000236. The van der Waals surface area contributed by atoms with Crippen LogP contribution in [-0.2, 0) is 0 Å². The number of halogens is 1. The number of likely N-dealkylation sites (tertiary alicyclic amines) is 1. The summed E-state index contributed by atoms with van der Waals surface area (Å²) in [7, 11) is 0. The molecule has 1 aliphatic heterocycles. The fourth-order valence-corrected chi connectivity index (χ4v) is 2.64. The summed E-state index contributed by atoms with van der Waals surface area (Å²) in [6.07, 6.45) is 0.850. The molecule has 1 amide bonds. The lowest BCUT2D eigenvalue weighted by atomic mass is 10.0. The van der Waals surface area contributed by atoms with E-state index >= 15 is 0 Å². The van der Waals surface area contributed by atoms with Crippen molar-refractivity contribution in [2.75, 3.05) is 13.1 Å². The van der Waals surface area contributed by atoms with E-state index < -0.39 is 4.92 Å². The average molecular weight is 314 g/mol. The zero-order valence-electron chi connectivity index (χ0n) is 12.1. The fraction of sp³-hybridized carbons (Fsp3) is 0.500. The third-order valence-electron chi connectivity index (χ3n) is 3.92. The normalized spacial score (nSPS) is 19.0. The molecule has 0 saturated carbocycles. The Labute approximate surface area is 129 Å². The monoisotopic (exact) mass is 313 g/mol. The van der Waals surface area contributed by atoms with E-state index in [1.165, 1.54) is 6.07 Å². The summed E-state index contributed by atoms with van der Waals surface area (Å²) in [5, 5.41) is 11.1. The molecular weight excluding hydrogens is 294 g/mol. The van der Waals surface area contributed by atoms with E-state index in [9.17, 15) is 14.9 Å². The first-order chi connectivity index (χ1) is 9.41. The third kappa shape index (κ3) is 3.51. The van der Waals surface area contributed by atoms with Crippen molar-refractivity contribution in [2.24, 2.45) is 11.7 Å². The molecule has 21 heavy (non-hydrogen) atoms. The van der Waals surface area contributed by atoms with Gasteiger partial charge in [0, 0.05) is 25.2 Å². The highest BCUT2D eigenvalue weighted by atomic mass is 35.5. The van der Waals surface area contributed by atoms with Crippen molar-refractivity contribution >= 4 is 24.0 Å².